The molecule has 7 nitrogen and oxygen atoms in total. The molecule has 0 radical (unpaired) electrons. The number of nitrogens with zero attached hydrogens (tertiary/aromatic N) is 2. The molecule has 0 saturated carbocycles. The molecule has 188 valence electrons. The highest BCUT2D eigenvalue weighted by atomic mass is 19.1. The monoisotopic (exact) mass is 490 g/mol. The van der Waals surface area contributed by atoms with Crippen LogP contribution in [0.25, 0.3) is 0 Å². The van der Waals surface area contributed by atoms with E-state index in [9.17, 15) is 14.3 Å². The SMILES string of the molecule is O=c1[nH]c(CC(CNCCF)c2ccc(C#Cc3ccc(CN4CCOCC4)cc3)cc2)ncc1O. The van der Waals surface area contributed by atoms with Crippen molar-refractivity contribution in [3.63, 3.8) is 0 Å². The van der Waals surface area contributed by atoms with E-state index in [1.54, 1.807) is 0 Å². The zero-order chi connectivity index (χ0) is 25.2. The minimum absolute atomic E-state index is 0.0368. The standard InChI is InChI=1S/C28H31FN4O3/c29-11-12-30-18-25(17-27-31-19-26(34)28(35)32-27)24-9-7-22(8-10-24)2-1-21-3-5-23(6-4-21)20-33-13-15-36-16-14-33/h3-10,19,25,30,34H,11-18,20H2,(H,31,32,35). The molecule has 4 rings (SSSR count). The van der Waals surface area contributed by atoms with Gasteiger partial charge in [-0.2, -0.15) is 0 Å². The zero-order valence-electron chi connectivity index (χ0n) is 20.2. The number of nitrogens with one attached hydrogen (secondary N) is 2. The van der Waals surface area contributed by atoms with Crippen LogP contribution in [-0.4, -0.2) is 66.0 Å². The van der Waals surface area contributed by atoms with Gasteiger partial charge in [-0.25, -0.2) is 9.37 Å². The van der Waals surface area contributed by atoms with Crippen LogP contribution in [0.5, 0.6) is 5.75 Å². The van der Waals surface area contributed by atoms with Crippen molar-refractivity contribution in [3.8, 4) is 17.6 Å². The summed E-state index contributed by atoms with van der Waals surface area (Å²) in [6.45, 7) is 4.77. The molecule has 36 heavy (non-hydrogen) atoms. The second-order valence-corrected chi connectivity index (χ2v) is 8.80. The lowest BCUT2D eigenvalue weighted by Crippen LogP contribution is -2.35. The molecule has 2 heterocycles. The number of aromatic hydroxyl groups is 1. The Balaban J connectivity index is 1.40. The summed E-state index contributed by atoms with van der Waals surface area (Å²) in [7, 11) is 0. The van der Waals surface area contributed by atoms with E-state index in [2.05, 4.69) is 56.3 Å². The first-order valence-electron chi connectivity index (χ1n) is 12.2. The van der Waals surface area contributed by atoms with E-state index in [0.717, 1.165) is 55.7 Å². The second-order valence-electron chi connectivity index (χ2n) is 8.80. The molecule has 1 saturated heterocycles. The summed E-state index contributed by atoms with van der Waals surface area (Å²) in [6.07, 6.45) is 1.59. The van der Waals surface area contributed by atoms with Crippen LogP contribution in [0.1, 0.15) is 34.0 Å². The van der Waals surface area contributed by atoms with Gasteiger partial charge in [0.1, 0.15) is 12.5 Å². The van der Waals surface area contributed by atoms with E-state index in [1.807, 2.05) is 24.3 Å². The van der Waals surface area contributed by atoms with E-state index in [4.69, 9.17) is 4.74 Å². The number of morpholine rings is 1. The van der Waals surface area contributed by atoms with Crippen LogP contribution in [0.15, 0.2) is 59.5 Å². The topological polar surface area (TPSA) is 90.5 Å². The van der Waals surface area contributed by atoms with Gasteiger partial charge in [0.25, 0.3) is 5.56 Å². The van der Waals surface area contributed by atoms with Crippen molar-refractivity contribution < 1.29 is 14.2 Å². The van der Waals surface area contributed by atoms with Crippen molar-refractivity contribution >= 4 is 0 Å². The third-order valence-corrected chi connectivity index (χ3v) is 6.13. The maximum Gasteiger partial charge on any atom is 0.293 e. The number of aromatic nitrogens is 2. The van der Waals surface area contributed by atoms with Crippen molar-refractivity contribution in [2.24, 2.45) is 0 Å². The Hall–Kier alpha value is -3.51. The Morgan fingerprint density at radius 1 is 1.08 bits per heavy atom. The minimum Gasteiger partial charge on any atom is -0.502 e. The fourth-order valence-corrected chi connectivity index (χ4v) is 4.11. The number of hydrogen-bond acceptors (Lipinski definition) is 6. The average Bonchev–Trinajstić information content (AvgIpc) is 2.91. The van der Waals surface area contributed by atoms with Gasteiger partial charge in [-0.3, -0.25) is 9.69 Å². The first kappa shape index (κ1) is 25.6. The second kappa shape index (κ2) is 13.0. The molecule has 8 heteroatoms. The van der Waals surface area contributed by atoms with Gasteiger partial charge in [-0.15, -0.1) is 0 Å². The Bertz CT molecular complexity index is 1230. The molecule has 1 aliphatic rings. The Labute approximate surface area is 210 Å². The average molecular weight is 491 g/mol. The van der Waals surface area contributed by atoms with Gasteiger partial charge in [0.2, 0.25) is 0 Å². The quantitative estimate of drug-likeness (QED) is 0.316. The first-order chi connectivity index (χ1) is 17.6. The molecule has 1 aliphatic heterocycles. The van der Waals surface area contributed by atoms with Gasteiger partial charge in [0, 0.05) is 56.2 Å². The van der Waals surface area contributed by atoms with Crippen LogP contribution in [0.4, 0.5) is 4.39 Å². The minimum atomic E-state index is -0.574. The number of benzene rings is 2. The van der Waals surface area contributed by atoms with E-state index in [-0.39, 0.29) is 12.5 Å². The van der Waals surface area contributed by atoms with Crippen molar-refractivity contribution in [1.29, 1.82) is 0 Å². The number of hydrogen-bond donors (Lipinski definition) is 3. The maximum atomic E-state index is 12.6. The highest BCUT2D eigenvalue weighted by molar-refractivity contribution is 5.44. The van der Waals surface area contributed by atoms with Crippen molar-refractivity contribution in [2.45, 2.75) is 18.9 Å². The third kappa shape index (κ3) is 7.49. The van der Waals surface area contributed by atoms with Gasteiger partial charge in [0.15, 0.2) is 5.75 Å². The largest absolute Gasteiger partial charge is 0.502 e. The van der Waals surface area contributed by atoms with Crippen molar-refractivity contribution in [3.05, 3.63) is 93.2 Å². The Morgan fingerprint density at radius 2 is 1.75 bits per heavy atom. The number of aromatic amines is 1. The highest BCUT2D eigenvalue weighted by Crippen LogP contribution is 2.20. The van der Waals surface area contributed by atoms with Gasteiger partial charge in [-0.1, -0.05) is 36.1 Å². The molecule has 0 aliphatic carbocycles. The van der Waals surface area contributed by atoms with E-state index in [1.165, 1.54) is 5.56 Å². The third-order valence-electron chi connectivity index (χ3n) is 6.13. The maximum absolute atomic E-state index is 12.6. The summed E-state index contributed by atoms with van der Waals surface area (Å²) >= 11 is 0. The summed E-state index contributed by atoms with van der Waals surface area (Å²) in [4.78, 5) is 20.8. The lowest BCUT2D eigenvalue weighted by atomic mass is 9.94. The predicted octanol–water partition coefficient (Wildman–Crippen LogP) is 2.59. The molecule has 1 atom stereocenters. The molecule has 0 bridgehead atoms. The van der Waals surface area contributed by atoms with Crippen LogP contribution in [0.3, 0.4) is 0 Å². The van der Waals surface area contributed by atoms with Crippen LogP contribution < -0.4 is 10.9 Å². The van der Waals surface area contributed by atoms with Crippen LogP contribution in [0, 0.1) is 11.8 Å². The lowest BCUT2D eigenvalue weighted by Gasteiger charge is -2.26. The van der Waals surface area contributed by atoms with Gasteiger partial charge >= 0.3 is 0 Å². The molecule has 1 aromatic heterocycles. The summed E-state index contributed by atoms with van der Waals surface area (Å²) < 4.78 is 18.0. The summed E-state index contributed by atoms with van der Waals surface area (Å²) in [5.41, 5.74) is 3.57. The normalized spacial score (nSPS) is 14.7. The molecular weight excluding hydrogens is 459 g/mol. The smallest absolute Gasteiger partial charge is 0.293 e. The fourth-order valence-electron chi connectivity index (χ4n) is 4.11. The van der Waals surface area contributed by atoms with Crippen LogP contribution >= 0.6 is 0 Å². The molecule has 1 unspecified atom stereocenters. The summed E-state index contributed by atoms with van der Waals surface area (Å²) in [5.74, 6) is 6.45. The zero-order valence-corrected chi connectivity index (χ0v) is 20.2. The summed E-state index contributed by atoms with van der Waals surface area (Å²) in [6, 6.07) is 16.3. The number of rotatable bonds is 9. The van der Waals surface area contributed by atoms with Crippen molar-refractivity contribution in [1.82, 2.24) is 20.2 Å². The van der Waals surface area contributed by atoms with Crippen LogP contribution in [-0.2, 0) is 17.7 Å². The van der Waals surface area contributed by atoms with E-state index in [0.29, 0.717) is 18.8 Å². The number of alkyl halides is 1. The van der Waals surface area contributed by atoms with Gasteiger partial charge < -0.3 is 20.1 Å². The lowest BCUT2D eigenvalue weighted by molar-refractivity contribution is 0.0342. The molecule has 1 fully saturated rings. The molecule has 2 aromatic carbocycles. The van der Waals surface area contributed by atoms with Crippen molar-refractivity contribution in [2.75, 3.05) is 46.1 Å². The fraction of sp³-hybridized carbons (Fsp3) is 0.357. The highest BCUT2D eigenvalue weighted by Gasteiger charge is 2.15. The van der Waals surface area contributed by atoms with E-state index >= 15 is 0 Å². The molecular formula is C28H31FN4O3. The number of halogens is 1. The molecule has 3 aromatic rings. The number of H-pyrrole nitrogens is 1. The summed E-state index contributed by atoms with van der Waals surface area (Å²) in [5, 5.41) is 12.5. The predicted molar refractivity (Wildman–Crippen MR) is 137 cm³/mol. The first-order valence-corrected chi connectivity index (χ1v) is 12.2. The van der Waals surface area contributed by atoms with Crippen LogP contribution in [0.2, 0.25) is 0 Å². The molecule has 3 N–H and O–H groups in total. The van der Waals surface area contributed by atoms with Gasteiger partial charge in [-0.05, 0) is 35.4 Å². The molecule has 0 amide bonds. The molecule has 0 spiro atoms. The number of ether oxygens (including phenoxy) is 1. The van der Waals surface area contributed by atoms with Gasteiger partial charge in [0.05, 0.1) is 19.4 Å². The van der Waals surface area contributed by atoms with E-state index < -0.39 is 18.0 Å². The Kier molecular flexibility index (Phi) is 9.22. The Morgan fingerprint density at radius 3 is 2.39 bits per heavy atom.